The zero-order valence-electron chi connectivity index (χ0n) is 16.9. The highest BCUT2D eigenvalue weighted by Crippen LogP contribution is 2.22. The fourth-order valence-electron chi connectivity index (χ4n) is 3.32. The van der Waals surface area contributed by atoms with Crippen molar-refractivity contribution in [2.45, 2.75) is 12.8 Å². The van der Waals surface area contributed by atoms with Crippen molar-refractivity contribution in [3.05, 3.63) is 59.4 Å². The molecule has 7 nitrogen and oxygen atoms in total. The summed E-state index contributed by atoms with van der Waals surface area (Å²) in [5.41, 5.74) is 3.68. The Morgan fingerprint density at radius 3 is 2.43 bits per heavy atom. The van der Waals surface area contributed by atoms with E-state index >= 15 is 0 Å². The Labute approximate surface area is 174 Å². The van der Waals surface area contributed by atoms with Crippen molar-refractivity contribution in [3.8, 4) is 11.5 Å². The predicted octanol–water partition coefficient (Wildman–Crippen LogP) is 2.85. The maximum absolute atomic E-state index is 13.0. The number of methoxy groups -OCH3 is 2. The first-order valence-electron chi connectivity index (χ1n) is 9.61. The highest BCUT2D eigenvalue weighted by molar-refractivity contribution is 5.94. The molecule has 1 heterocycles. The second-order valence-electron chi connectivity index (χ2n) is 6.92. The zero-order chi connectivity index (χ0) is 21.5. The topological polar surface area (TPSA) is 80.2 Å². The number of likely N-dealkylation sites (tertiary alicyclic amines) is 1. The molecule has 0 bridgehead atoms. The van der Waals surface area contributed by atoms with E-state index in [1.165, 1.54) is 30.5 Å². The molecule has 0 atom stereocenters. The summed E-state index contributed by atoms with van der Waals surface area (Å²) in [5.74, 6) is 0.308. The first kappa shape index (κ1) is 21.3. The molecule has 30 heavy (non-hydrogen) atoms. The Kier molecular flexibility index (Phi) is 7.00. The van der Waals surface area contributed by atoms with Gasteiger partial charge in [-0.25, -0.2) is 9.82 Å². The van der Waals surface area contributed by atoms with Crippen LogP contribution in [0.1, 0.15) is 28.8 Å². The number of halogens is 1. The summed E-state index contributed by atoms with van der Waals surface area (Å²) >= 11 is 0. The molecule has 0 spiro atoms. The number of piperidine rings is 1. The number of nitrogens with zero attached hydrogens (tertiary/aromatic N) is 2. The molecule has 1 saturated heterocycles. The largest absolute Gasteiger partial charge is 0.497 e. The van der Waals surface area contributed by atoms with E-state index in [0.717, 1.165) is 0 Å². The van der Waals surface area contributed by atoms with E-state index in [4.69, 9.17) is 9.47 Å². The van der Waals surface area contributed by atoms with Crippen molar-refractivity contribution in [3.63, 3.8) is 0 Å². The molecule has 0 radical (unpaired) electrons. The minimum absolute atomic E-state index is 0.156. The van der Waals surface area contributed by atoms with Gasteiger partial charge in [-0.3, -0.25) is 9.59 Å². The second-order valence-corrected chi connectivity index (χ2v) is 6.92. The van der Waals surface area contributed by atoms with Gasteiger partial charge in [-0.05, 0) is 55.3 Å². The van der Waals surface area contributed by atoms with Crippen LogP contribution in [0.4, 0.5) is 4.39 Å². The number of carbonyl (C=O) groups is 2. The lowest BCUT2D eigenvalue weighted by molar-refractivity contribution is -0.126. The molecule has 0 unspecified atom stereocenters. The van der Waals surface area contributed by atoms with E-state index < -0.39 is 0 Å². The van der Waals surface area contributed by atoms with Gasteiger partial charge in [-0.15, -0.1) is 0 Å². The number of hydrogen-bond acceptors (Lipinski definition) is 5. The van der Waals surface area contributed by atoms with E-state index in [1.807, 2.05) is 0 Å². The molecule has 1 fully saturated rings. The molecule has 2 aromatic carbocycles. The highest BCUT2D eigenvalue weighted by atomic mass is 19.1. The molecule has 0 aliphatic carbocycles. The van der Waals surface area contributed by atoms with Crippen molar-refractivity contribution in [1.29, 1.82) is 0 Å². The Hall–Kier alpha value is -3.42. The number of rotatable bonds is 6. The number of hydrazone groups is 1. The smallest absolute Gasteiger partial charge is 0.253 e. The molecule has 8 heteroatoms. The quantitative estimate of drug-likeness (QED) is 0.583. The first-order chi connectivity index (χ1) is 14.5. The van der Waals surface area contributed by atoms with Gasteiger partial charge in [-0.1, -0.05) is 0 Å². The lowest BCUT2D eigenvalue weighted by Crippen LogP contribution is -2.42. The fourth-order valence-corrected chi connectivity index (χ4v) is 3.32. The Balaban J connectivity index is 1.52. The standard InChI is InChI=1S/C22H24FN3O4/c1-29-19-7-8-20(30-2)17(13-19)14-24-25-21(27)15-9-11-26(12-10-15)22(28)16-3-5-18(23)6-4-16/h3-8,13-15H,9-12H2,1-2H3,(H,25,27). The summed E-state index contributed by atoms with van der Waals surface area (Å²) in [6.07, 6.45) is 2.58. The van der Waals surface area contributed by atoms with E-state index in [2.05, 4.69) is 10.5 Å². The predicted molar refractivity (Wildman–Crippen MR) is 110 cm³/mol. The molecule has 1 aliphatic heterocycles. The van der Waals surface area contributed by atoms with Crippen LogP contribution in [-0.2, 0) is 4.79 Å². The van der Waals surface area contributed by atoms with Gasteiger partial charge >= 0.3 is 0 Å². The van der Waals surface area contributed by atoms with Crippen molar-refractivity contribution >= 4 is 18.0 Å². The van der Waals surface area contributed by atoms with Crippen LogP contribution in [-0.4, -0.2) is 50.2 Å². The summed E-state index contributed by atoms with van der Waals surface area (Å²) in [5, 5.41) is 4.03. The molecule has 2 aromatic rings. The maximum atomic E-state index is 13.0. The van der Waals surface area contributed by atoms with Gasteiger partial charge in [0.15, 0.2) is 0 Å². The second kappa shape index (κ2) is 9.87. The lowest BCUT2D eigenvalue weighted by atomic mass is 9.95. The molecule has 1 N–H and O–H groups in total. The number of benzene rings is 2. The SMILES string of the molecule is COc1ccc(OC)c(C=NNC(=O)C2CCN(C(=O)c3ccc(F)cc3)CC2)c1. The highest BCUT2D eigenvalue weighted by Gasteiger charge is 2.27. The van der Waals surface area contributed by atoms with E-state index in [9.17, 15) is 14.0 Å². The Bertz CT molecular complexity index is 922. The summed E-state index contributed by atoms with van der Waals surface area (Å²) in [6, 6.07) is 10.8. The first-order valence-corrected chi connectivity index (χ1v) is 9.61. The number of amides is 2. The van der Waals surface area contributed by atoms with Crippen LogP contribution in [0.3, 0.4) is 0 Å². The summed E-state index contributed by atoms with van der Waals surface area (Å²) in [4.78, 5) is 26.6. The Morgan fingerprint density at radius 2 is 1.80 bits per heavy atom. The van der Waals surface area contributed by atoms with E-state index in [-0.39, 0.29) is 23.5 Å². The molecule has 3 rings (SSSR count). The van der Waals surface area contributed by atoms with Crippen LogP contribution < -0.4 is 14.9 Å². The molecular weight excluding hydrogens is 389 g/mol. The van der Waals surface area contributed by atoms with Crippen LogP contribution in [0.25, 0.3) is 0 Å². The number of carbonyl (C=O) groups excluding carboxylic acids is 2. The van der Waals surface area contributed by atoms with Gasteiger partial charge in [0, 0.05) is 30.1 Å². The van der Waals surface area contributed by atoms with Crippen LogP contribution in [0, 0.1) is 11.7 Å². The molecule has 1 aliphatic rings. The molecule has 0 aromatic heterocycles. The average Bonchev–Trinajstić information content (AvgIpc) is 2.79. The van der Waals surface area contributed by atoms with Crippen molar-refractivity contribution in [2.24, 2.45) is 11.0 Å². The van der Waals surface area contributed by atoms with Crippen molar-refractivity contribution in [1.82, 2.24) is 10.3 Å². The summed E-state index contributed by atoms with van der Waals surface area (Å²) in [6.45, 7) is 0.920. The third kappa shape index (κ3) is 5.14. The molecular formula is C22H24FN3O4. The molecule has 158 valence electrons. The van der Waals surface area contributed by atoms with Crippen LogP contribution >= 0.6 is 0 Å². The van der Waals surface area contributed by atoms with Crippen LogP contribution in [0.5, 0.6) is 11.5 Å². The zero-order valence-corrected chi connectivity index (χ0v) is 16.9. The Morgan fingerprint density at radius 1 is 1.10 bits per heavy atom. The minimum atomic E-state index is -0.381. The van der Waals surface area contributed by atoms with Gasteiger partial charge in [0.25, 0.3) is 5.91 Å². The lowest BCUT2D eigenvalue weighted by Gasteiger charge is -2.31. The molecule has 0 saturated carbocycles. The third-order valence-electron chi connectivity index (χ3n) is 5.06. The van der Waals surface area contributed by atoms with Gasteiger partial charge in [-0.2, -0.15) is 5.10 Å². The number of nitrogens with one attached hydrogen (secondary N) is 1. The summed E-state index contributed by atoms with van der Waals surface area (Å²) in [7, 11) is 3.12. The minimum Gasteiger partial charge on any atom is -0.497 e. The maximum Gasteiger partial charge on any atom is 0.253 e. The van der Waals surface area contributed by atoms with Crippen LogP contribution in [0.2, 0.25) is 0 Å². The van der Waals surface area contributed by atoms with E-state index in [1.54, 1.807) is 37.3 Å². The van der Waals surface area contributed by atoms with Gasteiger partial charge in [0.05, 0.1) is 20.4 Å². The normalized spacial score (nSPS) is 14.6. The monoisotopic (exact) mass is 413 g/mol. The van der Waals surface area contributed by atoms with Gasteiger partial charge < -0.3 is 14.4 Å². The summed E-state index contributed by atoms with van der Waals surface area (Å²) < 4.78 is 23.5. The average molecular weight is 413 g/mol. The van der Waals surface area contributed by atoms with Gasteiger partial charge in [0.1, 0.15) is 17.3 Å². The fraction of sp³-hybridized carbons (Fsp3) is 0.318. The molecule has 2 amide bonds. The van der Waals surface area contributed by atoms with Crippen molar-refractivity contribution < 1.29 is 23.5 Å². The number of ether oxygens (including phenoxy) is 2. The van der Waals surface area contributed by atoms with Crippen LogP contribution in [0.15, 0.2) is 47.6 Å². The van der Waals surface area contributed by atoms with E-state index in [0.29, 0.717) is 48.6 Å². The van der Waals surface area contributed by atoms with Gasteiger partial charge in [0.2, 0.25) is 5.91 Å². The number of hydrogen-bond donors (Lipinski definition) is 1. The van der Waals surface area contributed by atoms with Crippen molar-refractivity contribution in [2.75, 3.05) is 27.3 Å². The third-order valence-corrected chi connectivity index (χ3v) is 5.06.